The van der Waals surface area contributed by atoms with Crippen molar-refractivity contribution < 1.29 is 9.21 Å². The van der Waals surface area contributed by atoms with Gasteiger partial charge in [-0.1, -0.05) is 0 Å². The molecular formula is C18H23N5O2. The summed E-state index contributed by atoms with van der Waals surface area (Å²) < 4.78 is 5.12. The van der Waals surface area contributed by atoms with Crippen LogP contribution in [0.1, 0.15) is 31.2 Å². The van der Waals surface area contributed by atoms with E-state index in [0.29, 0.717) is 12.6 Å². The molecule has 2 aromatic rings. The predicted octanol–water partition coefficient (Wildman–Crippen LogP) is 2.41. The number of rotatable bonds is 5. The second-order valence-corrected chi connectivity index (χ2v) is 6.78. The van der Waals surface area contributed by atoms with E-state index in [2.05, 4.69) is 20.4 Å². The Bertz CT molecular complexity index is 679. The van der Waals surface area contributed by atoms with Gasteiger partial charge in [-0.3, -0.25) is 0 Å². The first-order valence-electron chi connectivity index (χ1n) is 8.90. The lowest BCUT2D eigenvalue weighted by Crippen LogP contribution is -2.49. The largest absolute Gasteiger partial charge is 0.472 e. The highest BCUT2D eigenvalue weighted by Gasteiger charge is 2.34. The summed E-state index contributed by atoms with van der Waals surface area (Å²) in [5.41, 5.74) is 1.04. The van der Waals surface area contributed by atoms with Gasteiger partial charge in [-0.05, 0) is 43.9 Å². The minimum Gasteiger partial charge on any atom is -0.472 e. The number of furan rings is 1. The Morgan fingerprint density at radius 3 is 2.76 bits per heavy atom. The number of nitrogens with one attached hydrogen (secondary N) is 1. The summed E-state index contributed by atoms with van der Waals surface area (Å²) >= 11 is 0. The molecule has 0 spiro atoms. The summed E-state index contributed by atoms with van der Waals surface area (Å²) in [6.07, 6.45) is 9.08. The fraction of sp³-hybridized carbons (Fsp3) is 0.500. The van der Waals surface area contributed by atoms with Gasteiger partial charge < -0.3 is 19.5 Å². The zero-order valence-electron chi connectivity index (χ0n) is 14.2. The lowest BCUT2D eigenvalue weighted by molar-refractivity contribution is 0.185. The molecule has 1 N–H and O–H groups in total. The highest BCUT2D eigenvalue weighted by Crippen LogP contribution is 2.29. The molecule has 7 heteroatoms. The molecular weight excluding hydrogens is 318 g/mol. The van der Waals surface area contributed by atoms with Gasteiger partial charge in [0.25, 0.3) is 0 Å². The van der Waals surface area contributed by atoms with E-state index in [4.69, 9.17) is 4.42 Å². The molecule has 2 aromatic heterocycles. The summed E-state index contributed by atoms with van der Waals surface area (Å²) in [7, 11) is 0. The molecule has 2 fully saturated rings. The van der Waals surface area contributed by atoms with Crippen LogP contribution in [0.4, 0.5) is 10.6 Å². The number of hydrogen-bond acceptors (Lipinski definition) is 5. The van der Waals surface area contributed by atoms with Gasteiger partial charge in [-0.15, -0.1) is 5.10 Å². The zero-order valence-corrected chi connectivity index (χ0v) is 14.2. The number of piperidine rings is 1. The van der Waals surface area contributed by atoms with Crippen LogP contribution in [0.25, 0.3) is 0 Å². The molecule has 1 aliphatic carbocycles. The third-order valence-electron chi connectivity index (χ3n) is 4.89. The van der Waals surface area contributed by atoms with Crippen molar-refractivity contribution in [2.75, 3.05) is 18.0 Å². The average molecular weight is 341 g/mol. The minimum atomic E-state index is 0.0432. The number of carbonyl (C=O) groups is 1. The molecule has 4 rings (SSSR count). The third-order valence-corrected chi connectivity index (χ3v) is 4.89. The van der Waals surface area contributed by atoms with Crippen LogP contribution < -0.4 is 10.2 Å². The molecule has 2 aliphatic rings. The molecule has 1 aliphatic heterocycles. The first-order chi connectivity index (χ1) is 12.3. The SMILES string of the molecule is O=C(NC1CCN(c2cccnn2)CC1)N(Cc1ccoc1)C1CC1. The second kappa shape index (κ2) is 7.13. The van der Waals surface area contributed by atoms with Crippen molar-refractivity contribution in [3.8, 4) is 0 Å². The Labute approximate surface area is 147 Å². The van der Waals surface area contributed by atoms with Crippen molar-refractivity contribution in [2.24, 2.45) is 0 Å². The quantitative estimate of drug-likeness (QED) is 0.904. The van der Waals surface area contributed by atoms with E-state index in [1.54, 1.807) is 18.7 Å². The summed E-state index contributed by atoms with van der Waals surface area (Å²) in [6.45, 7) is 2.38. The second-order valence-electron chi connectivity index (χ2n) is 6.78. The Morgan fingerprint density at radius 2 is 2.12 bits per heavy atom. The maximum atomic E-state index is 12.7. The smallest absolute Gasteiger partial charge is 0.318 e. The van der Waals surface area contributed by atoms with Gasteiger partial charge in [0.05, 0.1) is 19.1 Å². The first kappa shape index (κ1) is 15.9. The Balaban J connectivity index is 1.30. The predicted molar refractivity (Wildman–Crippen MR) is 93.1 cm³/mol. The number of amides is 2. The fourth-order valence-electron chi connectivity index (χ4n) is 3.30. The van der Waals surface area contributed by atoms with E-state index >= 15 is 0 Å². The maximum Gasteiger partial charge on any atom is 0.318 e. The molecule has 0 atom stereocenters. The maximum absolute atomic E-state index is 12.7. The van der Waals surface area contributed by atoms with Crippen LogP contribution >= 0.6 is 0 Å². The van der Waals surface area contributed by atoms with Gasteiger partial charge in [0.15, 0.2) is 5.82 Å². The number of nitrogens with zero attached hydrogens (tertiary/aromatic N) is 4. The van der Waals surface area contributed by atoms with Crippen LogP contribution in [0, 0.1) is 0 Å². The lowest BCUT2D eigenvalue weighted by Gasteiger charge is -2.34. The van der Waals surface area contributed by atoms with Gasteiger partial charge in [0.1, 0.15) is 0 Å². The number of aromatic nitrogens is 2. The van der Waals surface area contributed by atoms with Gasteiger partial charge >= 0.3 is 6.03 Å². The number of anilines is 1. The molecule has 3 heterocycles. The Kier molecular flexibility index (Phi) is 4.54. The van der Waals surface area contributed by atoms with Crippen LogP contribution in [0.15, 0.2) is 41.3 Å². The van der Waals surface area contributed by atoms with E-state index < -0.39 is 0 Å². The van der Waals surface area contributed by atoms with Crippen LogP contribution in [0.5, 0.6) is 0 Å². The Morgan fingerprint density at radius 1 is 1.28 bits per heavy atom. The minimum absolute atomic E-state index is 0.0432. The van der Waals surface area contributed by atoms with Gasteiger partial charge in [0, 0.05) is 36.9 Å². The van der Waals surface area contributed by atoms with E-state index in [-0.39, 0.29) is 12.1 Å². The van der Waals surface area contributed by atoms with Crippen LogP contribution in [-0.4, -0.2) is 46.3 Å². The number of hydrogen-bond donors (Lipinski definition) is 1. The molecule has 7 nitrogen and oxygen atoms in total. The van der Waals surface area contributed by atoms with E-state index in [9.17, 15) is 4.79 Å². The van der Waals surface area contributed by atoms with Crippen molar-refractivity contribution in [2.45, 2.75) is 44.3 Å². The molecule has 0 bridgehead atoms. The molecule has 1 saturated carbocycles. The van der Waals surface area contributed by atoms with Gasteiger partial charge in [-0.2, -0.15) is 5.10 Å². The summed E-state index contributed by atoms with van der Waals surface area (Å²) in [4.78, 5) is 16.9. The summed E-state index contributed by atoms with van der Waals surface area (Å²) in [6, 6.07) is 6.43. The first-order valence-corrected chi connectivity index (χ1v) is 8.90. The highest BCUT2D eigenvalue weighted by atomic mass is 16.3. The Hall–Kier alpha value is -2.57. The molecule has 132 valence electrons. The molecule has 2 amide bonds. The molecule has 25 heavy (non-hydrogen) atoms. The monoisotopic (exact) mass is 341 g/mol. The standard InChI is InChI=1S/C18H23N5O2/c24-18(23(16-3-4-16)12-14-7-11-25-13-14)20-15-5-9-22(10-6-15)17-2-1-8-19-21-17/h1-2,7-8,11,13,15-16H,3-6,9-10,12H2,(H,20,24). The topological polar surface area (TPSA) is 74.5 Å². The summed E-state index contributed by atoms with van der Waals surface area (Å²) in [5, 5.41) is 11.3. The van der Waals surface area contributed by atoms with Crippen LogP contribution in [-0.2, 0) is 6.54 Å². The number of carbonyl (C=O) groups excluding carboxylic acids is 1. The zero-order chi connectivity index (χ0) is 17.1. The molecule has 0 aromatic carbocycles. The van der Waals surface area contributed by atoms with Gasteiger partial charge in [-0.25, -0.2) is 4.79 Å². The van der Waals surface area contributed by atoms with Crippen molar-refractivity contribution in [3.05, 3.63) is 42.5 Å². The van der Waals surface area contributed by atoms with Crippen LogP contribution in [0.2, 0.25) is 0 Å². The normalized spacial score (nSPS) is 18.2. The van der Waals surface area contributed by atoms with Crippen LogP contribution in [0.3, 0.4) is 0 Å². The number of urea groups is 1. The van der Waals surface area contributed by atoms with E-state index in [0.717, 1.165) is 50.2 Å². The van der Waals surface area contributed by atoms with Gasteiger partial charge in [0.2, 0.25) is 0 Å². The lowest BCUT2D eigenvalue weighted by atomic mass is 10.1. The fourth-order valence-corrected chi connectivity index (χ4v) is 3.30. The summed E-state index contributed by atoms with van der Waals surface area (Å²) in [5.74, 6) is 0.909. The average Bonchev–Trinajstić information content (AvgIpc) is 3.36. The molecule has 0 unspecified atom stereocenters. The molecule has 1 saturated heterocycles. The van der Waals surface area contributed by atoms with E-state index in [1.807, 2.05) is 23.1 Å². The highest BCUT2D eigenvalue weighted by molar-refractivity contribution is 5.75. The van der Waals surface area contributed by atoms with Crippen molar-refractivity contribution in [1.82, 2.24) is 20.4 Å². The van der Waals surface area contributed by atoms with Crippen molar-refractivity contribution in [1.29, 1.82) is 0 Å². The third kappa shape index (κ3) is 3.92. The van der Waals surface area contributed by atoms with E-state index in [1.165, 1.54) is 0 Å². The van der Waals surface area contributed by atoms with Crippen molar-refractivity contribution >= 4 is 11.8 Å². The molecule has 0 radical (unpaired) electrons. The van der Waals surface area contributed by atoms with Crippen molar-refractivity contribution in [3.63, 3.8) is 0 Å².